The van der Waals surface area contributed by atoms with Gasteiger partial charge < -0.3 is 0 Å². The standard InChI is InChI=1S/C17H16O/c1-13-9-14(2)11-17(10-13)8-5-15-3-6-16(12-18)7-4-15/h3-12H,1-2H3/b8-5+. The van der Waals surface area contributed by atoms with Gasteiger partial charge in [0.15, 0.2) is 0 Å². The summed E-state index contributed by atoms with van der Waals surface area (Å²) >= 11 is 0. The van der Waals surface area contributed by atoms with Crippen LogP contribution < -0.4 is 0 Å². The lowest BCUT2D eigenvalue weighted by Crippen LogP contribution is -1.81. The molecule has 0 unspecified atom stereocenters. The molecule has 0 fully saturated rings. The van der Waals surface area contributed by atoms with Gasteiger partial charge in [0.2, 0.25) is 0 Å². The zero-order valence-electron chi connectivity index (χ0n) is 10.7. The van der Waals surface area contributed by atoms with Gasteiger partial charge in [0, 0.05) is 5.56 Å². The Hall–Kier alpha value is -2.15. The largest absolute Gasteiger partial charge is 0.298 e. The number of hydrogen-bond donors (Lipinski definition) is 0. The lowest BCUT2D eigenvalue weighted by atomic mass is 10.1. The molecular weight excluding hydrogens is 220 g/mol. The Kier molecular flexibility index (Phi) is 3.73. The van der Waals surface area contributed by atoms with Crippen molar-refractivity contribution in [2.75, 3.05) is 0 Å². The summed E-state index contributed by atoms with van der Waals surface area (Å²) in [6, 6.07) is 14.0. The second-order valence-corrected chi connectivity index (χ2v) is 4.54. The van der Waals surface area contributed by atoms with Gasteiger partial charge in [-0.1, -0.05) is 65.7 Å². The molecule has 18 heavy (non-hydrogen) atoms. The van der Waals surface area contributed by atoms with Gasteiger partial charge in [0.1, 0.15) is 6.29 Å². The van der Waals surface area contributed by atoms with Crippen molar-refractivity contribution < 1.29 is 4.79 Å². The maximum atomic E-state index is 10.6. The fourth-order valence-electron chi connectivity index (χ4n) is 1.98. The molecule has 0 aliphatic rings. The Labute approximate surface area is 108 Å². The second-order valence-electron chi connectivity index (χ2n) is 4.54. The van der Waals surface area contributed by atoms with Crippen LogP contribution in [0.4, 0.5) is 0 Å². The summed E-state index contributed by atoms with van der Waals surface area (Å²) in [5.41, 5.74) is 5.54. The summed E-state index contributed by atoms with van der Waals surface area (Å²) in [4.78, 5) is 10.6. The predicted molar refractivity (Wildman–Crippen MR) is 76.7 cm³/mol. The molecule has 0 aliphatic carbocycles. The average molecular weight is 236 g/mol. The second kappa shape index (κ2) is 5.46. The minimum absolute atomic E-state index is 0.707. The van der Waals surface area contributed by atoms with Crippen LogP contribution in [0.2, 0.25) is 0 Å². The minimum atomic E-state index is 0.707. The molecule has 0 aliphatic heterocycles. The SMILES string of the molecule is Cc1cc(C)cc(/C=C/c2ccc(C=O)cc2)c1. The van der Waals surface area contributed by atoms with Crippen molar-refractivity contribution in [2.45, 2.75) is 13.8 Å². The maximum Gasteiger partial charge on any atom is 0.150 e. The Morgan fingerprint density at radius 1 is 0.722 bits per heavy atom. The average Bonchev–Trinajstić information content (AvgIpc) is 2.36. The van der Waals surface area contributed by atoms with Gasteiger partial charge in [-0.2, -0.15) is 0 Å². The van der Waals surface area contributed by atoms with Crippen molar-refractivity contribution >= 4 is 18.4 Å². The topological polar surface area (TPSA) is 17.1 Å². The van der Waals surface area contributed by atoms with Crippen LogP contribution in [0.25, 0.3) is 12.2 Å². The summed E-state index contributed by atoms with van der Waals surface area (Å²) in [6.45, 7) is 4.20. The smallest absolute Gasteiger partial charge is 0.150 e. The van der Waals surface area contributed by atoms with E-state index in [9.17, 15) is 4.79 Å². The van der Waals surface area contributed by atoms with E-state index in [0.29, 0.717) is 5.56 Å². The number of carbonyl (C=O) groups is 1. The zero-order chi connectivity index (χ0) is 13.0. The number of hydrogen-bond acceptors (Lipinski definition) is 1. The van der Waals surface area contributed by atoms with Crippen LogP contribution in [0, 0.1) is 13.8 Å². The van der Waals surface area contributed by atoms with Crippen molar-refractivity contribution in [1.29, 1.82) is 0 Å². The molecule has 0 aromatic heterocycles. The van der Waals surface area contributed by atoms with E-state index in [1.807, 2.05) is 24.3 Å². The van der Waals surface area contributed by atoms with E-state index in [1.165, 1.54) is 16.7 Å². The highest BCUT2D eigenvalue weighted by Crippen LogP contribution is 2.13. The first-order valence-corrected chi connectivity index (χ1v) is 5.99. The van der Waals surface area contributed by atoms with Gasteiger partial charge in [-0.3, -0.25) is 4.79 Å². The van der Waals surface area contributed by atoms with Crippen molar-refractivity contribution in [1.82, 2.24) is 0 Å². The van der Waals surface area contributed by atoms with E-state index in [1.54, 1.807) is 0 Å². The lowest BCUT2D eigenvalue weighted by molar-refractivity contribution is 0.112. The fourth-order valence-corrected chi connectivity index (χ4v) is 1.98. The molecule has 0 spiro atoms. The molecule has 0 radical (unpaired) electrons. The monoisotopic (exact) mass is 236 g/mol. The Bertz CT molecular complexity index is 557. The number of benzene rings is 2. The third-order valence-electron chi connectivity index (χ3n) is 2.78. The highest BCUT2D eigenvalue weighted by Gasteiger charge is 1.93. The molecule has 2 rings (SSSR count). The fraction of sp³-hybridized carbons (Fsp3) is 0.118. The molecule has 1 heteroatoms. The third-order valence-corrected chi connectivity index (χ3v) is 2.78. The number of rotatable bonds is 3. The first-order chi connectivity index (χ1) is 8.67. The summed E-state index contributed by atoms with van der Waals surface area (Å²) in [6.07, 6.45) is 5.01. The molecule has 0 saturated heterocycles. The Morgan fingerprint density at radius 2 is 1.22 bits per heavy atom. The lowest BCUT2D eigenvalue weighted by Gasteiger charge is -2.00. The zero-order valence-corrected chi connectivity index (χ0v) is 10.7. The molecule has 90 valence electrons. The van der Waals surface area contributed by atoms with E-state index in [4.69, 9.17) is 0 Å². The molecule has 0 amide bonds. The van der Waals surface area contributed by atoms with E-state index in [2.05, 4.69) is 44.2 Å². The van der Waals surface area contributed by atoms with Crippen molar-refractivity contribution in [3.8, 4) is 0 Å². The summed E-state index contributed by atoms with van der Waals surface area (Å²) in [5, 5.41) is 0. The van der Waals surface area contributed by atoms with Gasteiger partial charge in [0.05, 0.1) is 0 Å². The van der Waals surface area contributed by atoms with E-state index >= 15 is 0 Å². The molecule has 2 aromatic rings. The normalized spacial score (nSPS) is 10.8. The molecule has 0 saturated carbocycles. The summed E-state index contributed by atoms with van der Waals surface area (Å²) < 4.78 is 0. The third kappa shape index (κ3) is 3.17. The molecule has 0 bridgehead atoms. The predicted octanol–water partition coefficient (Wildman–Crippen LogP) is 4.29. The Balaban J connectivity index is 2.21. The van der Waals surface area contributed by atoms with Gasteiger partial charge in [-0.25, -0.2) is 0 Å². The molecule has 0 atom stereocenters. The van der Waals surface area contributed by atoms with Crippen LogP contribution in [0.5, 0.6) is 0 Å². The molecule has 1 nitrogen and oxygen atoms in total. The maximum absolute atomic E-state index is 10.6. The summed E-state index contributed by atoms with van der Waals surface area (Å²) in [5.74, 6) is 0. The number of aldehydes is 1. The van der Waals surface area contributed by atoms with E-state index in [0.717, 1.165) is 11.8 Å². The molecule has 0 N–H and O–H groups in total. The van der Waals surface area contributed by atoms with Gasteiger partial charge in [0.25, 0.3) is 0 Å². The van der Waals surface area contributed by atoms with Crippen molar-refractivity contribution in [3.05, 3.63) is 70.3 Å². The number of carbonyl (C=O) groups excluding carboxylic acids is 1. The molecule has 0 heterocycles. The molecule has 2 aromatic carbocycles. The van der Waals surface area contributed by atoms with E-state index < -0.39 is 0 Å². The number of aryl methyl sites for hydroxylation is 2. The van der Waals surface area contributed by atoms with Crippen LogP contribution in [0.1, 0.15) is 32.6 Å². The van der Waals surface area contributed by atoms with Crippen molar-refractivity contribution in [2.24, 2.45) is 0 Å². The van der Waals surface area contributed by atoms with Crippen LogP contribution in [-0.4, -0.2) is 6.29 Å². The first-order valence-electron chi connectivity index (χ1n) is 5.99. The highest BCUT2D eigenvalue weighted by molar-refractivity contribution is 5.76. The Morgan fingerprint density at radius 3 is 1.78 bits per heavy atom. The minimum Gasteiger partial charge on any atom is -0.298 e. The summed E-state index contributed by atoms with van der Waals surface area (Å²) in [7, 11) is 0. The van der Waals surface area contributed by atoms with Gasteiger partial charge in [-0.05, 0) is 25.0 Å². The quantitative estimate of drug-likeness (QED) is 0.574. The van der Waals surface area contributed by atoms with Gasteiger partial charge in [-0.15, -0.1) is 0 Å². The van der Waals surface area contributed by atoms with Crippen LogP contribution >= 0.6 is 0 Å². The van der Waals surface area contributed by atoms with E-state index in [-0.39, 0.29) is 0 Å². The van der Waals surface area contributed by atoms with Gasteiger partial charge >= 0.3 is 0 Å². The first kappa shape index (κ1) is 12.3. The van der Waals surface area contributed by atoms with Crippen molar-refractivity contribution in [3.63, 3.8) is 0 Å². The molecular formula is C17H16O. The van der Waals surface area contributed by atoms with Crippen LogP contribution in [-0.2, 0) is 0 Å². The van der Waals surface area contributed by atoms with Crippen LogP contribution in [0.3, 0.4) is 0 Å². The van der Waals surface area contributed by atoms with Crippen LogP contribution in [0.15, 0.2) is 42.5 Å². The highest BCUT2D eigenvalue weighted by atomic mass is 16.1.